The molecule has 0 unspecified atom stereocenters. The topological polar surface area (TPSA) is 41.1 Å². The molecule has 0 aromatic rings. The highest BCUT2D eigenvalue weighted by Crippen LogP contribution is 2.08. The number of piperidine rings is 1. The molecule has 1 fully saturated rings. The summed E-state index contributed by atoms with van der Waals surface area (Å²) in [4.78, 5) is 11.0. The van der Waals surface area contributed by atoms with Gasteiger partial charge in [-0.05, 0) is 19.4 Å². The minimum atomic E-state index is 0.173. The zero-order chi connectivity index (χ0) is 7.40. The SMILES string of the molecule is CNC(=O)[C@@H]1CCCNC1. The molecule has 10 heavy (non-hydrogen) atoms. The highest BCUT2D eigenvalue weighted by atomic mass is 16.1. The van der Waals surface area contributed by atoms with Crippen molar-refractivity contribution in [3.8, 4) is 0 Å². The van der Waals surface area contributed by atoms with Gasteiger partial charge < -0.3 is 10.6 Å². The van der Waals surface area contributed by atoms with Crippen molar-refractivity contribution >= 4 is 5.91 Å². The van der Waals surface area contributed by atoms with Crippen molar-refractivity contribution in [2.24, 2.45) is 5.92 Å². The second kappa shape index (κ2) is 3.56. The molecular weight excluding hydrogens is 128 g/mol. The lowest BCUT2D eigenvalue weighted by atomic mass is 9.99. The molecule has 3 heteroatoms. The molecule has 0 aliphatic carbocycles. The molecule has 3 nitrogen and oxygen atoms in total. The number of rotatable bonds is 1. The molecule has 1 atom stereocenters. The van der Waals surface area contributed by atoms with Crippen molar-refractivity contribution in [3.05, 3.63) is 0 Å². The Labute approximate surface area is 61.2 Å². The van der Waals surface area contributed by atoms with Crippen LogP contribution in [0.5, 0.6) is 0 Å². The first kappa shape index (κ1) is 7.54. The molecule has 0 aromatic heterocycles. The molecule has 0 radical (unpaired) electrons. The van der Waals surface area contributed by atoms with E-state index >= 15 is 0 Å². The summed E-state index contributed by atoms with van der Waals surface area (Å²) in [6.45, 7) is 1.91. The fourth-order valence-electron chi connectivity index (χ4n) is 1.28. The summed E-state index contributed by atoms with van der Waals surface area (Å²) in [6, 6.07) is 0. The molecular formula is C7H14N2O. The summed E-state index contributed by atoms with van der Waals surface area (Å²) in [5, 5.41) is 5.84. The third-order valence-electron chi connectivity index (χ3n) is 1.91. The van der Waals surface area contributed by atoms with Crippen LogP contribution in [-0.4, -0.2) is 26.0 Å². The minimum absolute atomic E-state index is 0.173. The summed E-state index contributed by atoms with van der Waals surface area (Å²) in [7, 11) is 1.69. The van der Waals surface area contributed by atoms with Crippen molar-refractivity contribution < 1.29 is 4.79 Å². The third kappa shape index (κ3) is 1.70. The van der Waals surface area contributed by atoms with Gasteiger partial charge in [0.2, 0.25) is 5.91 Å². The Morgan fingerprint density at radius 2 is 2.50 bits per heavy atom. The summed E-state index contributed by atoms with van der Waals surface area (Å²) < 4.78 is 0. The lowest BCUT2D eigenvalue weighted by Gasteiger charge is -2.20. The Morgan fingerprint density at radius 1 is 1.70 bits per heavy atom. The van der Waals surface area contributed by atoms with Gasteiger partial charge in [0.1, 0.15) is 0 Å². The number of hydrogen-bond acceptors (Lipinski definition) is 2. The van der Waals surface area contributed by atoms with Crippen molar-refractivity contribution in [1.82, 2.24) is 10.6 Å². The normalized spacial score (nSPS) is 25.9. The van der Waals surface area contributed by atoms with Gasteiger partial charge in [-0.1, -0.05) is 0 Å². The molecule has 1 aliphatic rings. The third-order valence-corrected chi connectivity index (χ3v) is 1.91. The highest BCUT2D eigenvalue weighted by Gasteiger charge is 2.18. The molecule has 0 spiro atoms. The second-order valence-electron chi connectivity index (χ2n) is 2.66. The van der Waals surface area contributed by atoms with Gasteiger partial charge in [-0.2, -0.15) is 0 Å². The van der Waals surface area contributed by atoms with E-state index in [1.165, 1.54) is 0 Å². The average molecular weight is 142 g/mol. The fourth-order valence-corrected chi connectivity index (χ4v) is 1.28. The van der Waals surface area contributed by atoms with E-state index in [-0.39, 0.29) is 11.8 Å². The maximum Gasteiger partial charge on any atom is 0.224 e. The van der Waals surface area contributed by atoms with E-state index in [4.69, 9.17) is 0 Å². The average Bonchev–Trinajstić information content (AvgIpc) is 2.05. The Morgan fingerprint density at radius 3 is 3.00 bits per heavy atom. The first-order chi connectivity index (χ1) is 4.84. The molecule has 1 amide bonds. The molecule has 58 valence electrons. The van der Waals surface area contributed by atoms with E-state index in [2.05, 4.69) is 10.6 Å². The second-order valence-corrected chi connectivity index (χ2v) is 2.66. The number of carbonyl (C=O) groups is 1. The van der Waals surface area contributed by atoms with Gasteiger partial charge in [-0.25, -0.2) is 0 Å². The zero-order valence-corrected chi connectivity index (χ0v) is 6.31. The predicted octanol–water partition coefficient (Wildman–Crippen LogP) is -0.268. The first-order valence-corrected chi connectivity index (χ1v) is 3.77. The van der Waals surface area contributed by atoms with E-state index in [9.17, 15) is 4.79 Å². The lowest BCUT2D eigenvalue weighted by Crippen LogP contribution is -2.39. The van der Waals surface area contributed by atoms with E-state index in [1.807, 2.05) is 0 Å². The maximum atomic E-state index is 11.0. The Hall–Kier alpha value is -0.570. The van der Waals surface area contributed by atoms with Crippen molar-refractivity contribution in [2.45, 2.75) is 12.8 Å². The standard InChI is InChI=1S/C7H14N2O/c1-8-7(10)6-3-2-4-9-5-6/h6,9H,2-5H2,1H3,(H,8,10)/t6-/m1/s1. The molecule has 0 bridgehead atoms. The molecule has 2 N–H and O–H groups in total. The number of carbonyl (C=O) groups excluding carboxylic acids is 1. The van der Waals surface area contributed by atoms with Gasteiger partial charge in [0.15, 0.2) is 0 Å². The number of amides is 1. The van der Waals surface area contributed by atoms with E-state index in [1.54, 1.807) is 7.05 Å². The van der Waals surface area contributed by atoms with Crippen LogP contribution in [0.25, 0.3) is 0 Å². The summed E-state index contributed by atoms with van der Waals surface area (Å²) in [5.41, 5.74) is 0. The molecule has 1 rings (SSSR count). The smallest absolute Gasteiger partial charge is 0.224 e. The zero-order valence-electron chi connectivity index (χ0n) is 6.31. The van der Waals surface area contributed by atoms with Crippen LogP contribution in [0.15, 0.2) is 0 Å². The van der Waals surface area contributed by atoms with Crippen LogP contribution in [0.3, 0.4) is 0 Å². The van der Waals surface area contributed by atoms with Gasteiger partial charge in [-0.3, -0.25) is 4.79 Å². The Balaban J connectivity index is 2.31. The quantitative estimate of drug-likeness (QED) is 0.529. The van der Waals surface area contributed by atoms with Crippen LogP contribution in [-0.2, 0) is 4.79 Å². The predicted molar refractivity (Wildman–Crippen MR) is 39.7 cm³/mol. The van der Waals surface area contributed by atoms with E-state index in [0.717, 1.165) is 25.9 Å². The van der Waals surface area contributed by atoms with Crippen LogP contribution in [0.2, 0.25) is 0 Å². The van der Waals surface area contributed by atoms with Crippen LogP contribution in [0.4, 0.5) is 0 Å². The summed E-state index contributed by atoms with van der Waals surface area (Å²) in [5.74, 6) is 0.381. The molecule has 1 aliphatic heterocycles. The minimum Gasteiger partial charge on any atom is -0.359 e. The molecule has 1 heterocycles. The maximum absolute atomic E-state index is 11.0. The first-order valence-electron chi connectivity index (χ1n) is 3.77. The number of hydrogen-bond donors (Lipinski definition) is 2. The summed E-state index contributed by atoms with van der Waals surface area (Å²) >= 11 is 0. The lowest BCUT2D eigenvalue weighted by molar-refractivity contribution is -0.124. The van der Waals surface area contributed by atoms with Gasteiger partial charge in [-0.15, -0.1) is 0 Å². The number of nitrogens with one attached hydrogen (secondary N) is 2. The van der Waals surface area contributed by atoms with Gasteiger partial charge in [0.05, 0.1) is 5.92 Å². The Kier molecular flexibility index (Phi) is 2.68. The largest absolute Gasteiger partial charge is 0.359 e. The van der Waals surface area contributed by atoms with Gasteiger partial charge >= 0.3 is 0 Å². The summed E-state index contributed by atoms with van der Waals surface area (Å²) in [6.07, 6.45) is 2.16. The van der Waals surface area contributed by atoms with Crippen molar-refractivity contribution in [3.63, 3.8) is 0 Å². The molecule has 0 aromatic carbocycles. The van der Waals surface area contributed by atoms with Crippen LogP contribution >= 0.6 is 0 Å². The van der Waals surface area contributed by atoms with Gasteiger partial charge in [0.25, 0.3) is 0 Å². The van der Waals surface area contributed by atoms with E-state index in [0.29, 0.717) is 0 Å². The highest BCUT2D eigenvalue weighted by molar-refractivity contribution is 5.78. The molecule has 0 saturated carbocycles. The fraction of sp³-hybridized carbons (Fsp3) is 0.857. The Bertz CT molecular complexity index is 119. The van der Waals surface area contributed by atoms with Crippen LogP contribution in [0, 0.1) is 5.92 Å². The van der Waals surface area contributed by atoms with Gasteiger partial charge in [0, 0.05) is 13.6 Å². The molecule has 1 saturated heterocycles. The van der Waals surface area contributed by atoms with Crippen molar-refractivity contribution in [1.29, 1.82) is 0 Å². The van der Waals surface area contributed by atoms with Crippen molar-refractivity contribution in [2.75, 3.05) is 20.1 Å². The monoisotopic (exact) mass is 142 g/mol. The van der Waals surface area contributed by atoms with E-state index < -0.39 is 0 Å². The van der Waals surface area contributed by atoms with Crippen LogP contribution < -0.4 is 10.6 Å². The van der Waals surface area contributed by atoms with Crippen LogP contribution in [0.1, 0.15) is 12.8 Å².